The minimum absolute atomic E-state index is 0.0356. The minimum Gasteiger partial charge on any atom is -0.352 e. The minimum atomic E-state index is -3.62. The number of nitrogens with zero attached hydrogens (tertiary/aromatic N) is 2. The molecule has 0 aliphatic heterocycles. The van der Waals surface area contributed by atoms with E-state index in [1.807, 2.05) is 0 Å². The molecule has 0 radical (unpaired) electrons. The first kappa shape index (κ1) is 28.9. The Morgan fingerprint density at radius 3 is 2.41 bits per heavy atom. The molecule has 3 rings (SSSR count). The summed E-state index contributed by atoms with van der Waals surface area (Å²) in [5, 5.41) is 3.46. The molecule has 0 saturated heterocycles. The number of nitrogens with one attached hydrogen (secondary N) is 1. The van der Waals surface area contributed by atoms with Crippen molar-refractivity contribution in [3.63, 3.8) is 0 Å². The van der Waals surface area contributed by atoms with Crippen LogP contribution in [0.3, 0.4) is 0 Å². The fourth-order valence-electron chi connectivity index (χ4n) is 4.59. The number of rotatable bonds is 11. The van der Waals surface area contributed by atoms with Crippen molar-refractivity contribution < 1.29 is 22.4 Å². The second kappa shape index (κ2) is 12.7. The molecule has 10 heteroatoms. The molecule has 2 aromatic rings. The summed E-state index contributed by atoms with van der Waals surface area (Å²) in [5.74, 6) is -0.893. The summed E-state index contributed by atoms with van der Waals surface area (Å²) in [6, 6.07) is 10.2. The third-order valence-electron chi connectivity index (χ3n) is 6.73. The molecule has 37 heavy (non-hydrogen) atoms. The third-order valence-corrected chi connectivity index (χ3v) is 8.14. The molecule has 0 heterocycles. The molecule has 1 N–H and O–H groups in total. The summed E-state index contributed by atoms with van der Waals surface area (Å²) in [6.07, 6.45) is 5.39. The van der Waals surface area contributed by atoms with Gasteiger partial charge in [0, 0.05) is 30.6 Å². The van der Waals surface area contributed by atoms with Crippen LogP contribution in [0.1, 0.15) is 56.6 Å². The zero-order valence-corrected chi connectivity index (χ0v) is 23.1. The number of carbonyl (C=O) groups excluding carboxylic acids is 2. The predicted octanol–water partition coefficient (Wildman–Crippen LogP) is 4.81. The molecule has 1 aliphatic carbocycles. The standard InChI is InChI=1S/C27H35ClFN3O4S/c1-19-10-13-22(28)17-25(19)32(37(3,35)36)16-6-9-26(33)31(18-21-11-14-23(29)15-12-21)20(2)27(34)30-24-7-4-5-8-24/h10-15,17,20,24H,4-9,16,18H2,1-3H3,(H,30,34). The number of carbonyl (C=O) groups is 2. The van der Waals surface area contributed by atoms with Gasteiger partial charge >= 0.3 is 0 Å². The van der Waals surface area contributed by atoms with E-state index in [4.69, 9.17) is 11.6 Å². The fourth-order valence-corrected chi connectivity index (χ4v) is 5.78. The normalized spacial score (nSPS) is 14.8. The summed E-state index contributed by atoms with van der Waals surface area (Å²) in [4.78, 5) is 27.8. The predicted molar refractivity (Wildman–Crippen MR) is 144 cm³/mol. The van der Waals surface area contributed by atoms with E-state index in [0.29, 0.717) is 16.3 Å². The van der Waals surface area contributed by atoms with Crippen LogP contribution in [0.15, 0.2) is 42.5 Å². The van der Waals surface area contributed by atoms with Crippen molar-refractivity contribution in [2.45, 2.75) is 71.0 Å². The van der Waals surface area contributed by atoms with Crippen LogP contribution < -0.4 is 9.62 Å². The highest BCUT2D eigenvalue weighted by molar-refractivity contribution is 7.92. The molecule has 0 aromatic heterocycles. The highest BCUT2D eigenvalue weighted by Crippen LogP contribution is 2.27. The van der Waals surface area contributed by atoms with Crippen LogP contribution in [0.2, 0.25) is 5.02 Å². The second-order valence-electron chi connectivity index (χ2n) is 9.68. The van der Waals surface area contributed by atoms with Crippen molar-refractivity contribution in [3.05, 3.63) is 64.4 Å². The van der Waals surface area contributed by atoms with Gasteiger partial charge in [-0.05, 0) is 68.5 Å². The van der Waals surface area contributed by atoms with E-state index in [1.165, 1.54) is 21.3 Å². The Balaban J connectivity index is 1.73. The Morgan fingerprint density at radius 1 is 1.14 bits per heavy atom. The summed E-state index contributed by atoms with van der Waals surface area (Å²) in [7, 11) is -3.62. The number of halogens is 2. The van der Waals surface area contributed by atoms with E-state index in [0.717, 1.165) is 37.5 Å². The summed E-state index contributed by atoms with van der Waals surface area (Å²) in [6.45, 7) is 3.70. The maximum Gasteiger partial charge on any atom is 0.242 e. The van der Waals surface area contributed by atoms with Gasteiger partial charge in [-0.3, -0.25) is 13.9 Å². The summed E-state index contributed by atoms with van der Waals surface area (Å²) in [5.41, 5.74) is 1.91. The highest BCUT2D eigenvalue weighted by atomic mass is 35.5. The van der Waals surface area contributed by atoms with Crippen LogP contribution in [0.4, 0.5) is 10.1 Å². The van der Waals surface area contributed by atoms with Crippen molar-refractivity contribution in [1.82, 2.24) is 10.2 Å². The molecule has 0 spiro atoms. The molecule has 1 unspecified atom stereocenters. The molecule has 202 valence electrons. The van der Waals surface area contributed by atoms with Crippen molar-refractivity contribution in [1.29, 1.82) is 0 Å². The number of anilines is 1. The van der Waals surface area contributed by atoms with Gasteiger partial charge in [-0.2, -0.15) is 0 Å². The van der Waals surface area contributed by atoms with Crippen LogP contribution in [-0.2, 0) is 26.2 Å². The molecule has 1 atom stereocenters. The zero-order valence-electron chi connectivity index (χ0n) is 21.5. The average molecular weight is 552 g/mol. The smallest absolute Gasteiger partial charge is 0.242 e. The van der Waals surface area contributed by atoms with Crippen molar-refractivity contribution >= 4 is 39.1 Å². The molecule has 7 nitrogen and oxygen atoms in total. The first-order valence-electron chi connectivity index (χ1n) is 12.5. The Labute approximate surface area is 224 Å². The van der Waals surface area contributed by atoms with Gasteiger partial charge in [-0.15, -0.1) is 0 Å². The van der Waals surface area contributed by atoms with Crippen LogP contribution >= 0.6 is 11.6 Å². The molecule has 2 amide bonds. The topological polar surface area (TPSA) is 86.8 Å². The summed E-state index contributed by atoms with van der Waals surface area (Å²) < 4.78 is 39.8. The van der Waals surface area contributed by atoms with Gasteiger partial charge in [0.1, 0.15) is 11.9 Å². The maximum atomic E-state index is 13.4. The second-order valence-corrected chi connectivity index (χ2v) is 12.0. The Kier molecular flexibility index (Phi) is 9.95. The molecule has 1 aliphatic rings. The summed E-state index contributed by atoms with van der Waals surface area (Å²) >= 11 is 6.11. The first-order chi connectivity index (χ1) is 17.5. The molecular formula is C27H35ClFN3O4S. The Bertz CT molecular complexity index is 1200. The van der Waals surface area contributed by atoms with Gasteiger partial charge < -0.3 is 10.2 Å². The number of aryl methyl sites for hydroxylation is 1. The van der Waals surface area contributed by atoms with E-state index in [2.05, 4.69) is 5.32 Å². The molecule has 1 saturated carbocycles. The lowest BCUT2D eigenvalue weighted by atomic mass is 10.1. The average Bonchev–Trinajstić information content (AvgIpc) is 3.35. The number of hydrogen-bond acceptors (Lipinski definition) is 4. The first-order valence-corrected chi connectivity index (χ1v) is 14.8. The van der Waals surface area contributed by atoms with Gasteiger partial charge in [0.2, 0.25) is 21.8 Å². The van der Waals surface area contributed by atoms with Crippen molar-refractivity contribution in [2.24, 2.45) is 0 Å². The Hall–Kier alpha value is -2.65. The molecule has 2 aromatic carbocycles. The molecule has 0 bridgehead atoms. The largest absolute Gasteiger partial charge is 0.352 e. The van der Waals surface area contributed by atoms with Gasteiger partial charge in [-0.1, -0.05) is 42.6 Å². The van der Waals surface area contributed by atoms with Gasteiger partial charge in [0.05, 0.1) is 11.9 Å². The highest BCUT2D eigenvalue weighted by Gasteiger charge is 2.29. The zero-order chi connectivity index (χ0) is 27.2. The molecular weight excluding hydrogens is 517 g/mol. The molecule has 1 fully saturated rings. The van der Waals surface area contributed by atoms with Crippen molar-refractivity contribution in [3.8, 4) is 0 Å². The van der Waals surface area contributed by atoms with Gasteiger partial charge in [-0.25, -0.2) is 12.8 Å². The van der Waals surface area contributed by atoms with Crippen molar-refractivity contribution in [2.75, 3.05) is 17.1 Å². The van der Waals surface area contributed by atoms with Crippen LogP contribution in [0.5, 0.6) is 0 Å². The fraction of sp³-hybridized carbons (Fsp3) is 0.481. The number of benzene rings is 2. The lowest BCUT2D eigenvalue weighted by Crippen LogP contribution is -2.49. The van der Waals surface area contributed by atoms with Crippen LogP contribution in [0.25, 0.3) is 0 Å². The van der Waals surface area contributed by atoms with E-state index in [1.54, 1.807) is 44.2 Å². The van der Waals surface area contributed by atoms with E-state index >= 15 is 0 Å². The number of sulfonamides is 1. The Morgan fingerprint density at radius 2 is 1.78 bits per heavy atom. The van der Waals surface area contributed by atoms with E-state index < -0.39 is 16.1 Å². The quantitative estimate of drug-likeness (QED) is 0.434. The van der Waals surface area contributed by atoms with Gasteiger partial charge in [0.25, 0.3) is 0 Å². The van der Waals surface area contributed by atoms with E-state index in [9.17, 15) is 22.4 Å². The SMILES string of the molecule is Cc1ccc(Cl)cc1N(CCCC(=O)N(Cc1ccc(F)cc1)C(C)C(=O)NC1CCCC1)S(C)(=O)=O. The number of hydrogen-bond donors (Lipinski definition) is 1. The number of amides is 2. The van der Waals surface area contributed by atoms with Gasteiger partial charge in [0.15, 0.2) is 0 Å². The third kappa shape index (κ3) is 8.17. The van der Waals surface area contributed by atoms with E-state index in [-0.39, 0.29) is 49.6 Å². The maximum absolute atomic E-state index is 13.4. The lowest BCUT2D eigenvalue weighted by Gasteiger charge is -2.30. The van der Waals surface area contributed by atoms with Crippen LogP contribution in [0, 0.1) is 12.7 Å². The monoisotopic (exact) mass is 551 g/mol. The van der Waals surface area contributed by atoms with Crippen LogP contribution in [-0.4, -0.2) is 50.0 Å². The lowest BCUT2D eigenvalue weighted by molar-refractivity contribution is -0.141.